The monoisotopic (exact) mass is 295 g/mol. The van der Waals surface area contributed by atoms with Crippen molar-refractivity contribution in [2.24, 2.45) is 4.99 Å². The molecule has 0 radical (unpaired) electrons. The van der Waals surface area contributed by atoms with E-state index in [4.69, 9.17) is 11.6 Å². The van der Waals surface area contributed by atoms with Crippen molar-refractivity contribution in [2.45, 2.75) is 0 Å². The van der Waals surface area contributed by atoms with Gasteiger partial charge in [0.05, 0.1) is 0 Å². The number of carbonyl (C=O) groups excluding carboxylic acids is 1. The number of fused-ring (bicyclic) bond motifs is 3. The molecule has 4 rings (SSSR count). The van der Waals surface area contributed by atoms with Crippen LogP contribution in [0.3, 0.4) is 0 Å². The largest absolute Gasteiger partial charge is 0.272 e. The van der Waals surface area contributed by atoms with Gasteiger partial charge in [-0.15, -0.1) is 0 Å². The molecule has 0 N–H and O–H groups in total. The maximum absolute atomic E-state index is 12.1. The van der Waals surface area contributed by atoms with Gasteiger partial charge >= 0.3 is 0 Å². The fourth-order valence-corrected chi connectivity index (χ4v) is 2.72. The number of rotatable bonds is 1. The Hall–Kier alpha value is -2.46. The van der Waals surface area contributed by atoms with Crippen molar-refractivity contribution in [1.29, 1.82) is 0 Å². The molecule has 4 nitrogen and oxygen atoms in total. The van der Waals surface area contributed by atoms with E-state index >= 15 is 0 Å². The van der Waals surface area contributed by atoms with Crippen LogP contribution in [0.5, 0.6) is 0 Å². The van der Waals surface area contributed by atoms with E-state index in [1.54, 1.807) is 11.1 Å². The molecule has 0 atom stereocenters. The molecule has 0 saturated heterocycles. The topological polar surface area (TPSA) is 45.6 Å². The summed E-state index contributed by atoms with van der Waals surface area (Å²) >= 11 is 5.94. The summed E-state index contributed by atoms with van der Waals surface area (Å²) in [5.74, 6) is 1.26. The average Bonchev–Trinajstić information content (AvgIpc) is 2.90. The highest BCUT2D eigenvalue weighted by Gasteiger charge is 2.35. The minimum absolute atomic E-state index is 0.0514. The molecular weight excluding hydrogens is 286 g/mol. The second kappa shape index (κ2) is 4.53. The number of carbonyl (C=O) groups is 1. The van der Waals surface area contributed by atoms with Crippen molar-refractivity contribution in [1.82, 2.24) is 4.98 Å². The zero-order valence-electron chi connectivity index (χ0n) is 11.0. The summed E-state index contributed by atoms with van der Waals surface area (Å²) in [6, 6.07) is 11.3. The number of amides is 1. The fourth-order valence-electron chi connectivity index (χ4n) is 2.60. The van der Waals surface area contributed by atoms with E-state index < -0.39 is 0 Å². The third-order valence-corrected chi connectivity index (χ3v) is 3.80. The van der Waals surface area contributed by atoms with E-state index in [2.05, 4.69) is 9.98 Å². The normalized spacial score (nSPS) is 16.2. The molecule has 5 heteroatoms. The molecule has 102 valence electrons. The Morgan fingerprint density at radius 3 is 2.76 bits per heavy atom. The minimum atomic E-state index is -0.0514. The van der Waals surface area contributed by atoms with Crippen molar-refractivity contribution < 1.29 is 4.79 Å². The van der Waals surface area contributed by atoms with Gasteiger partial charge in [0.15, 0.2) is 0 Å². The Morgan fingerprint density at radius 2 is 1.95 bits per heavy atom. The van der Waals surface area contributed by atoms with Gasteiger partial charge in [-0.3, -0.25) is 9.79 Å². The summed E-state index contributed by atoms with van der Waals surface area (Å²) in [7, 11) is 0. The standard InChI is InChI=1S/C16H10ClN3O/c17-12-5-3-10(4-6-12)13-8-11-2-1-7-18-15(11)20-14(21)9-19-16(13)20/h1-8H,9H2. The highest BCUT2D eigenvalue weighted by atomic mass is 35.5. The molecule has 0 bridgehead atoms. The Labute approximate surface area is 126 Å². The van der Waals surface area contributed by atoms with Gasteiger partial charge in [-0.2, -0.15) is 0 Å². The van der Waals surface area contributed by atoms with Crippen LogP contribution >= 0.6 is 11.6 Å². The van der Waals surface area contributed by atoms with Gasteiger partial charge < -0.3 is 0 Å². The van der Waals surface area contributed by atoms with E-state index in [0.717, 1.165) is 16.7 Å². The molecule has 0 aliphatic carbocycles. The highest BCUT2D eigenvalue weighted by molar-refractivity contribution is 6.43. The van der Waals surface area contributed by atoms with E-state index in [1.165, 1.54) is 0 Å². The molecule has 1 amide bonds. The summed E-state index contributed by atoms with van der Waals surface area (Å²) in [6.45, 7) is 0.163. The smallest absolute Gasteiger partial charge is 0.255 e. The summed E-state index contributed by atoms with van der Waals surface area (Å²) in [5.41, 5.74) is 2.81. The summed E-state index contributed by atoms with van der Waals surface area (Å²) in [6.07, 6.45) is 3.70. The van der Waals surface area contributed by atoms with Crippen LogP contribution in [0.4, 0.5) is 5.82 Å². The van der Waals surface area contributed by atoms with Crippen molar-refractivity contribution >= 4 is 40.8 Å². The SMILES string of the molecule is O=C1CN=C2C(c3ccc(Cl)cc3)=Cc3cccnc3N12. The molecule has 0 unspecified atom stereocenters. The molecule has 0 spiro atoms. The van der Waals surface area contributed by atoms with Crippen molar-refractivity contribution in [3.05, 3.63) is 58.7 Å². The van der Waals surface area contributed by atoms with Crippen LogP contribution in [-0.2, 0) is 4.79 Å². The second-order valence-electron chi connectivity index (χ2n) is 4.85. The summed E-state index contributed by atoms with van der Waals surface area (Å²) in [4.78, 5) is 22.4. The van der Waals surface area contributed by atoms with Gasteiger partial charge in [0.2, 0.25) is 0 Å². The van der Waals surface area contributed by atoms with E-state index in [0.29, 0.717) is 16.7 Å². The zero-order chi connectivity index (χ0) is 14.4. The molecular formula is C16H10ClN3O. The van der Waals surface area contributed by atoms with Crippen molar-refractivity contribution in [3.8, 4) is 0 Å². The summed E-state index contributed by atoms with van der Waals surface area (Å²) in [5, 5.41) is 0.679. The Morgan fingerprint density at radius 1 is 1.14 bits per heavy atom. The molecule has 0 fully saturated rings. The molecule has 2 aliphatic heterocycles. The van der Waals surface area contributed by atoms with Crippen LogP contribution in [0.15, 0.2) is 47.6 Å². The van der Waals surface area contributed by atoms with Gasteiger partial charge in [0.1, 0.15) is 18.2 Å². The van der Waals surface area contributed by atoms with Crippen LogP contribution in [0.2, 0.25) is 5.02 Å². The predicted octanol–water partition coefficient (Wildman–Crippen LogP) is 3.03. The third kappa shape index (κ3) is 1.87. The van der Waals surface area contributed by atoms with Crippen LogP contribution in [0.25, 0.3) is 11.6 Å². The number of hydrogen-bond donors (Lipinski definition) is 0. The third-order valence-electron chi connectivity index (χ3n) is 3.55. The minimum Gasteiger partial charge on any atom is -0.272 e. The molecule has 21 heavy (non-hydrogen) atoms. The molecule has 3 heterocycles. The van der Waals surface area contributed by atoms with Crippen molar-refractivity contribution in [2.75, 3.05) is 11.4 Å². The summed E-state index contributed by atoms with van der Waals surface area (Å²) < 4.78 is 0. The lowest BCUT2D eigenvalue weighted by Gasteiger charge is -2.25. The first kappa shape index (κ1) is 12.3. The average molecular weight is 296 g/mol. The van der Waals surface area contributed by atoms with Gasteiger partial charge in [-0.1, -0.05) is 23.7 Å². The number of aromatic nitrogens is 1. The number of amidine groups is 1. The maximum atomic E-state index is 12.1. The van der Waals surface area contributed by atoms with Gasteiger partial charge in [0, 0.05) is 22.4 Å². The molecule has 1 aromatic carbocycles. The Kier molecular flexibility index (Phi) is 2.65. The fraction of sp³-hybridized carbons (Fsp3) is 0.0625. The molecule has 2 aromatic rings. The van der Waals surface area contributed by atoms with Crippen LogP contribution in [-0.4, -0.2) is 23.3 Å². The zero-order valence-corrected chi connectivity index (χ0v) is 11.7. The predicted molar refractivity (Wildman–Crippen MR) is 83.3 cm³/mol. The number of benzene rings is 1. The molecule has 2 aliphatic rings. The van der Waals surface area contributed by atoms with E-state index in [9.17, 15) is 4.79 Å². The van der Waals surface area contributed by atoms with Gasteiger partial charge in [0.25, 0.3) is 5.91 Å². The number of hydrogen-bond acceptors (Lipinski definition) is 3. The first-order chi connectivity index (χ1) is 10.2. The molecule has 1 aromatic heterocycles. The van der Waals surface area contributed by atoms with Crippen molar-refractivity contribution in [3.63, 3.8) is 0 Å². The van der Waals surface area contributed by atoms with Crippen LogP contribution in [0.1, 0.15) is 11.1 Å². The van der Waals surface area contributed by atoms with Gasteiger partial charge in [-0.05, 0) is 35.9 Å². The number of anilines is 1. The van der Waals surface area contributed by atoms with Crippen LogP contribution in [0, 0.1) is 0 Å². The van der Waals surface area contributed by atoms with Crippen LogP contribution < -0.4 is 4.90 Å². The lowest BCUT2D eigenvalue weighted by atomic mass is 9.98. The first-order valence-corrected chi connectivity index (χ1v) is 6.92. The first-order valence-electron chi connectivity index (χ1n) is 6.54. The maximum Gasteiger partial charge on any atom is 0.255 e. The van der Waals surface area contributed by atoms with E-state index in [1.807, 2.05) is 42.5 Å². The number of aliphatic imine (C=N–C) groups is 1. The number of nitrogens with zero attached hydrogens (tertiary/aromatic N) is 3. The lowest BCUT2D eigenvalue weighted by Crippen LogP contribution is -2.36. The Balaban J connectivity index is 1.93. The molecule has 0 saturated carbocycles. The van der Waals surface area contributed by atoms with Gasteiger partial charge in [-0.25, -0.2) is 9.88 Å². The van der Waals surface area contributed by atoms with E-state index in [-0.39, 0.29) is 12.5 Å². The lowest BCUT2D eigenvalue weighted by molar-refractivity contribution is -0.115. The quantitative estimate of drug-likeness (QED) is 0.812. The number of pyridine rings is 1. The number of halogens is 1. The second-order valence-corrected chi connectivity index (χ2v) is 5.29. The Bertz CT molecular complexity index is 809. The highest BCUT2D eigenvalue weighted by Crippen LogP contribution is 2.35.